The van der Waals surface area contributed by atoms with Crippen molar-refractivity contribution in [1.82, 2.24) is 0 Å². The fourth-order valence-electron chi connectivity index (χ4n) is 3.07. The van der Waals surface area contributed by atoms with Crippen molar-refractivity contribution in [2.24, 2.45) is 0 Å². The van der Waals surface area contributed by atoms with Crippen molar-refractivity contribution in [3.63, 3.8) is 0 Å². The summed E-state index contributed by atoms with van der Waals surface area (Å²) in [5, 5.41) is 0. The predicted octanol–water partition coefficient (Wildman–Crippen LogP) is 5.81. The molecule has 108 valence electrons. The van der Waals surface area contributed by atoms with Crippen LogP contribution in [0.2, 0.25) is 0 Å². The monoisotopic (exact) mass is 294 g/mol. The summed E-state index contributed by atoms with van der Waals surface area (Å²) in [7, 11) is -1.14. The summed E-state index contributed by atoms with van der Waals surface area (Å²) in [5.41, 5.74) is 0. The molecule has 0 nitrogen and oxygen atoms in total. The third-order valence-corrected chi connectivity index (χ3v) is 9.18. The van der Waals surface area contributed by atoms with Crippen molar-refractivity contribution in [3.8, 4) is 0 Å². The van der Waals surface area contributed by atoms with Crippen molar-refractivity contribution in [1.29, 1.82) is 0 Å². The van der Waals surface area contributed by atoms with Gasteiger partial charge in [0.1, 0.15) is 0 Å². The summed E-state index contributed by atoms with van der Waals surface area (Å²) in [6, 6.07) is 22.0. The lowest BCUT2D eigenvalue weighted by molar-refractivity contribution is 0.777. The highest BCUT2D eigenvalue weighted by atomic mass is 32.3. The van der Waals surface area contributed by atoms with Crippen LogP contribution in [-0.4, -0.2) is 11.0 Å². The van der Waals surface area contributed by atoms with E-state index in [1.165, 1.54) is 9.79 Å². The molecule has 1 aliphatic carbocycles. The quantitative estimate of drug-likeness (QED) is 0.669. The highest BCUT2D eigenvalue weighted by Gasteiger charge is 2.40. The molecule has 1 atom stereocenters. The predicted molar refractivity (Wildman–Crippen MR) is 94.2 cm³/mol. The Morgan fingerprint density at radius 3 is 1.76 bits per heavy atom. The van der Waals surface area contributed by atoms with Gasteiger partial charge in [-0.3, -0.25) is 0 Å². The lowest BCUT2D eigenvalue weighted by Crippen LogP contribution is -2.30. The number of allylic oxidation sites excluding steroid dienone is 3. The lowest BCUT2D eigenvalue weighted by atomic mass is 10.0. The van der Waals surface area contributed by atoms with E-state index in [1.54, 1.807) is 0 Å². The highest BCUT2D eigenvalue weighted by molar-refractivity contribution is 8.34. The van der Waals surface area contributed by atoms with Gasteiger partial charge in [0.25, 0.3) is 0 Å². The number of hydrogen-bond acceptors (Lipinski definition) is 0. The van der Waals surface area contributed by atoms with Gasteiger partial charge in [-0.2, -0.15) is 10.0 Å². The number of benzene rings is 2. The molecule has 21 heavy (non-hydrogen) atoms. The molecule has 0 spiro atoms. The third kappa shape index (κ3) is 2.36. The Morgan fingerprint density at radius 2 is 1.33 bits per heavy atom. The van der Waals surface area contributed by atoms with E-state index in [1.807, 2.05) is 0 Å². The normalized spacial score (nSPS) is 22.2. The summed E-state index contributed by atoms with van der Waals surface area (Å²) in [4.78, 5) is 2.91. The average molecular weight is 294 g/mol. The molecule has 0 bridgehead atoms. The topological polar surface area (TPSA) is 0 Å². The molecule has 0 aromatic heterocycles. The molecule has 0 heterocycles. The van der Waals surface area contributed by atoms with E-state index < -0.39 is 10.0 Å². The highest BCUT2D eigenvalue weighted by Crippen LogP contribution is 2.70. The van der Waals surface area contributed by atoms with E-state index in [0.29, 0.717) is 0 Å². The molecule has 1 heteroatoms. The molecule has 0 saturated carbocycles. The van der Waals surface area contributed by atoms with E-state index in [-0.39, 0.29) is 4.75 Å². The molecule has 0 amide bonds. The van der Waals surface area contributed by atoms with Gasteiger partial charge in [0.05, 0.1) is 0 Å². The average Bonchev–Trinajstić information content (AvgIpc) is 2.56. The number of rotatable bonds is 3. The molecule has 1 unspecified atom stereocenters. The van der Waals surface area contributed by atoms with Crippen LogP contribution in [0.4, 0.5) is 0 Å². The van der Waals surface area contributed by atoms with E-state index in [2.05, 4.69) is 98.1 Å². The second kappa shape index (κ2) is 5.57. The van der Waals surface area contributed by atoms with Crippen molar-refractivity contribution >= 4 is 10.0 Å². The Morgan fingerprint density at radius 1 is 0.810 bits per heavy atom. The molecule has 3 rings (SSSR count). The van der Waals surface area contributed by atoms with E-state index in [4.69, 9.17) is 0 Å². The van der Waals surface area contributed by atoms with Crippen LogP contribution in [0.1, 0.15) is 13.3 Å². The van der Waals surface area contributed by atoms with Gasteiger partial charge in [0, 0.05) is 4.75 Å². The van der Waals surface area contributed by atoms with Crippen LogP contribution in [0.25, 0.3) is 0 Å². The first-order valence-electron chi connectivity index (χ1n) is 7.39. The van der Waals surface area contributed by atoms with Gasteiger partial charge in [0.15, 0.2) is 0 Å². The van der Waals surface area contributed by atoms with Crippen LogP contribution in [0, 0.1) is 0 Å². The minimum Gasteiger partial charge on any atom is -0.181 e. The van der Waals surface area contributed by atoms with E-state index >= 15 is 0 Å². The Kier molecular flexibility index (Phi) is 3.77. The van der Waals surface area contributed by atoms with Crippen molar-refractivity contribution in [2.45, 2.75) is 27.9 Å². The fraction of sp³-hybridized carbons (Fsp3) is 0.200. The first kappa shape index (κ1) is 14.2. The van der Waals surface area contributed by atoms with Crippen LogP contribution in [0.3, 0.4) is 0 Å². The zero-order chi connectivity index (χ0) is 14.8. The Balaban J connectivity index is 2.21. The first-order chi connectivity index (χ1) is 10.2. The molecule has 2 aromatic carbocycles. The van der Waals surface area contributed by atoms with Gasteiger partial charge in [0.2, 0.25) is 0 Å². The van der Waals surface area contributed by atoms with Crippen molar-refractivity contribution < 1.29 is 0 Å². The van der Waals surface area contributed by atoms with Crippen LogP contribution >= 0.6 is 10.0 Å². The van der Waals surface area contributed by atoms with Crippen LogP contribution in [0.5, 0.6) is 0 Å². The maximum atomic E-state index is 2.46. The van der Waals surface area contributed by atoms with Crippen molar-refractivity contribution in [2.75, 3.05) is 6.26 Å². The first-order valence-corrected chi connectivity index (χ1v) is 9.43. The Labute approximate surface area is 129 Å². The molecule has 2 aromatic rings. The zero-order valence-electron chi connectivity index (χ0n) is 12.7. The van der Waals surface area contributed by atoms with Crippen LogP contribution in [0.15, 0.2) is 94.8 Å². The smallest absolute Gasteiger partial charge is 0.0266 e. The largest absolute Gasteiger partial charge is 0.181 e. The van der Waals surface area contributed by atoms with Gasteiger partial charge >= 0.3 is 0 Å². The lowest BCUT2D eigenvalue weighted by Gasteiger charge is -2.51. The summed E-state index contributed by atoms with van der Waals surface area (Å²) in [6.07, 6.45) is 12.6. The van der Waals surface area contributed by atoms with E-state index in [0.717, 1.165) is 6.42 Å². The molecule has 1 aliphatic rings. The van der Waals surface area contributed by atoms with Gasteiger partial charge in [-0.25, -0.2) is 0 Å². The van der Waals surface area contributed by atoms with Gasteiger partial charge in [-0.1, -0.05) is 60.7 Å². The zero-order valence-corrected chi connectivity index (χ0v) is 13.5. The molecule has 0 aliphatic heterocycles. The molecular weight excluding hydrogens is 272 g/mol. The van der Waals surface area contributed by atoms with Crippen LogP contribution in [-0.2, 0) is 0 Å². The Hall–Kier alpha value is -1.73. The minimum atomic E-state index is -1.14. The second-order valence-corrected chi connectivity index (χ2v) is 9.56. The second-order valence-electron chi connectivity index (χ2n) is 5.85. The molecule has 0 fully saturated rings. The summed E-state index contributed by atoms with van der Waals surface area (Å²) >= 11 is 0. The SMILES string of the molecule is CC1(S(C)(c2ccccc2)c2ccccc2)C=CC=CC1. The molecular formula is C20H22S. The fourth-order valence-corrected chi connectivity index (χ4v) is 6.60. The van der Waals surface area contributed by atoms with Crippen LogP contribution < -0.4 is 0 Å². The summed E-state index contributed by atoms with van der Waals surface area (Å²) in [6.45, 7) is 2.41. The summed E-state index contributed by atoms with van der Waals surface area (Å²) in [5.74, 6) is 0. The standard InChI is InChI=1S/C20H22S/c1-20(16-10-5-11-17-20)21(2,18-12-6-3-7-13-18)19-14-8-4-9-15-19/h3-16H,17H2,1-2H3. The molecule has 0 N–H and O–H groups in total. The van der Waals surface area contributed by atoms with E-state index in [9.17, 15) is 0 Å². The maximum absolute atomic E-state index is 2.46. The Bertz CT molecular complexity index is 615. The van der Waals surface area contributed by atoms with Gasteiger partial charge in [-0.05, 0) is 53.7 Å². The van der Waals surface area contributed by atoms with Gasteiger partial charge < -0.3 is 0 Å². The summed E-state index contributed by atoms with van der Waals surface area (Å²) < 4.78 is 0.157. The third-order valence-electron chi connectivity index (χ3n) is 4.58. The van der Waals surface area contributed by atoms with Gasteiger partial charge in [-0.15, -0.1) is 0 Å². The molecule has 0 radical (unpaired) electrons. The maximum Gasteiger partial charge on any atom is 0.0266 e. The number of hydrogen-bond donors (Lipinski definition) is 0. The molecule has 0 saturated heterocycles. The minimum absolute atomic E-state index is 0.157. The van der Waals surface area contributed by atoms with Crippen molar-refractivity contribution in [3.05, 3.63) is 85.0 Å².